The van der Waals surface area contributed by atoms with E-state index in [9.17, 15) is 9.90 Å². The van der Waals surface area contributed by atoms with Gasteiger partial charge in [0.1, 0.15) is 0 Å². The molecule has 1 aromatic rings. The van der Waals surface area contributed by atoms with Crippen LogP contribution in [0.1, 0.15) is 37.7 Å². The summed E-state index contributed by atoms with van der Waals surface area (Å²) in [6, 6.07) is 9.72. The Morgan fingerprint density at radius 1 is 1.12 bits per heavy atom. The van der Waals surface area contributed by atoms with Crippen LogP contribution in [0.3, 0.4) is 0 Å². The number of carboxylic acids is 1. The Morgan fingerprint density at radius 3 is 2.35 bits per heavy atom. The molecule has 1 fully saturated rings. The van der Waals surface area contributed by atoms with E-state index in [1.807, 2.05) is 36.4 Å². The molecule has 1 N–H and O–H groups in total. The highest BCUT2D eigenvalue weighted by atomic mass is 16.4. The molecule has 0 atom stereocenters. The van der Waals surface area contributed by atoms with Gasteiger partial charge in [-0.25, -0.2) is 4.79 Å². The molecule has 1 saturated carbocycles. The number of hydrogen-bond acceptors (Lipinski definition) is 1. The average molecular weight is 230 g/mol. The number of aliphatic carboxylic acids is 1. The lowest BCUT2D eigenvalue weighted by molar-refractivity contribution is -0.133. The fourth-order valence-electron chi connectivity index (χ4n) is 2.50. The SMILES string of the molecule is O=C(O)C(=Cc1ccccc1)C1CCCCC1. The molecule has 0 heterocycles. The summed E-state index contributed by atoms with van der Waals surface area (Å²) < 4.78 is 0. The van der Waals surface area contributed by atoms with Crippen molar-refractivity contribution in [3.05, 3.63) is 41.5 Å². The highest BCUT2D eigenvalue weighted by Gasteiger charge is 2.22. The second-order valence-corrected chi connectivity index (χ2v) is 4.65. The second kappa shape index (κ2) is 5.67. The lowest BCUT2D eigenvalue weighted by atomic mass is 9.83. The second-order valence-electron chi connectivity index (χ2n) is 4.65. The summed E-state index contributed by atoms with van der Waals surface area (Å²) in [5.41, 5.74) is 1.56. The normalized spacial score (nSPS) is 18.0. The molecule has 0 bridgehead atoms. The van der Waals surface area contributed by atoms with Crippen molar-refractivity contribution in [2.75, 3.05) is 0 Å². The van der Waals surface area contributed by atoms with E-state index in [4.69, 9.17) is 0 Å². The van der Waals surface area contributed by atoms with Crippen molar-refractivity contribution >= 4 is 12.0 Å². The van der Waals surface area contributed by atoms with Crippen LogP contribution < -0.4 is 0 Å². The van der Waals surface area contributed by atoms with Gasteiger partial charge in [-0.1, -0.05) is 49.6 Å². The third-order valence-corrected chi connectivity index (χ3v) is 3.41. The van der Waals surface area contributed by atoms with Crippen LogP contribution in [-0.2, 0) is 4.79 Å². The van der Waals surface area contributed by atoms with Crippen molar-refractivity contribution in [1.29, 1.82) is 0 Å². The zero-order valence-corrected chi connectivity index (χ0v) is 9.93. The van der Waals surface area contributed by atoms with Crippen molar-refractivity contribution in [2.24, 2.45) is 5.92 Å². The van der Waals surface area contributed by atoms with Crippen LogP contribution in [0.4, 0.5) is 0 Å². The topological polar surface area (TPSA) is 37.3 Å². The molecule has 0 saturated heterocycles. The maximum absolute atomic E-state index is 11.3. The highest BCUT2D eigenvalue weighted by Crippen LogP contribution is 2.30. The van der Waals surface area contributed by atoms with Gasteiger partial charge in [-0.3, -0.25) is 0 Å². The fraction of sp³-hybridized carbons (Fsp3) is 0.400. The van der Waals surface area contributed by atoms with E-state index >= 15 is 0 Å². The molecule has 0 spiro atoms. The summed E-state index contributed by atoms with van der Waals surface area (Å²) in [6.45, 7) is 0. The van der Waals surface area contributed by atoms with Gasteiger partial charge >= 0.3 is 5.97 Å². The molecule has 0 unspecified atom stereocenters. The Morgan fingerprint density at radius 2 is 1.76 bits per heavy atom. The van der Waals surface area contributed by atoms with Gasteiger partial charge in [0.2, 0.25) is 0 Å². The Kier molecular flexibility index (Phi) is 3.97. The molecule has 0 radical (unpaired) electrons. The first-order chi connectivity index (χ1) is 8.27. The molecule has 1 aliphatic carbocycles. The molecule has 90 valence electrons. The number of carboxylic acid groups (broad SMARTS) is 1. The average Bonchev–Trinajstić information content (AvgIpc) is 2.38. The first-order valence-corrected chi connectivity index (χ1v) is 6.27. The lowest BCUT2D eigenvalue weighted by Gasteiger charge is -2.22. The smallest absolute Gasteiger partial charge is 0.331 e. The van der Waals surface area contributed by atoms with E-state index in [2.05, 4.69) is 0 Å². The predicted molar refractivity (Wildman–Crippen MR) is 68.6 cm³/mol. The third-order valence-electron chi connectivity index (χ3n) is 3.41. The molecular formula is C15H18O2. The Labute approximate surface area is 102 Å². The molecule has 17 heavy (non-hydrogen) atoms. The van der Waals surface area contributed by atoms with Crippen LogP contribution >= 0.6 is 0 Å². The van der Waals surface area contributed by atoms with E-state index in [1.165, 1.54) is 6.42 Å². The fourth-order valence-corrected chi connectivity index (χ4v) is 2.50. The summed E-state index contributed by atoms with van der Waals surface area (Å²) in [4.78, 5) is 11.3. The molecule has 2 rings (SSSR count). The van der Waals surface area contributed by atoms with E-state index < -0.39 is 5.97 Å². The molecular weight excluding hydrogens is 212 g/mol. The van der Waals surface area contributed by atoms with E-state index in [0.717, 1.165) is 31.2 Å². The standard InChI is InChI=1S/C15H18O2/c16-15(17)14(13-9-5-2-6-10-13)11-12-7-3-1-4-8-12/h1,3-4,7-8,11,13H,2,5-6,9-10H2,(H,16,17). The van der Waals surface area contributed by atoms with Crippen molar-refractivity contribution in [1.82, 2.24) is 0 Å². The molecule has 2 heteroatoms. The van der Waals surface area contributed by atoms with E-state index in [1.54, 1.807) is 0 Å². The minimum atomic E-state index is -0.763. The summed E-state index contributed by atoms with van der Waals surface area (Å²) in [7, 11) is 0. The largest absolute Gasteiger partial charge is 0.478 e. The number of carbonyl (C=O) groups is 1. The maximum Gasteiger partial charge on any atom is 0.331 e. The van der Waals surface area contributed by atoms with Gasteiger partial charge in [0, 0.05) is 5.57 Å². The Bertz CT molecular complexity index is 400. The van der Waals surface area contributed by atoms with Crippen LogP contribution in [0.2, 0.25) is 0 Å². The Hall–Kier alpha value is -1.57. The van der Waals surface area contributed by atoms with Gasteiger partial charge in [0.15, 0.2) is 0 Å². The maximum atomic E-state index is 11.3. The van der Waals surface area contributed by atoms with Crippen LogP contribution in [0.15, 0.2) is 35.9 Å². The molecule has 2 nitrogen and oxygen atoms in total. The number of rotatable bonds is 3. The summed E-state index contributed by atoms with van der Waals surface area (Å²) in [5.74, 6) is -0.526. The zero-order chi connectivity index (χ0) is 12.1. The van der Waals surface area contributed by atoms with Gasteiger partial charge in [-0.2, -0.15) is 0 Å². The summed E-state index contributed by atoms with van der Waals surface area (Å²) in [6.07, 6.45) is 7.43. The van der Waals surface area contributed by atoms with Crippen LogP contribution in [0.5, 0.6) is 0 Å². The predicted octanol–water partition coefficient (Wildman–Crippen LogP) is 3.73. The number of hydrogen-bond donors (Lipinski definition) is 1. The molecule has 0 amide bonds. The first-order valence-electron chi connectivity index (χ1n) is 6.27. The van der Waals surface area contributed by atoms with Crippen LogP contribution in [0, 0.1) is 5.92 Å². The van der Waals surface area contributed by atoms with Gasteiger partial charge < -0.3 is 5.11 Å². The van der Waals surface area contributed by atoms with Crippen molar-refractivity contribution in [3.8, 4) is 0 Å². The summed E-state index contributed by atoms with van der Waals surface area (Å²) in [5, 5.41) is 9.32. The first kappa shape index (κ1) is 11.9. The zero-order valence-electron chi connectivity index (χ0n) is 9.93. The van der Waals surface area contributed by atoms with Crippen molar-refractivity contribution in [3.63, 3.8) is 0 Å². The van der Waals surface area contributed by atoms with Gasteiger partial charge in [0.25, 0.3) is 0 Å². The molecule has 1 aliphatic rings. The van der Waals surface area contributed by atoms with Crippen molar-refractivity contribution < 1.29 is 9.90 Å². The molecule has 0 aromatic heterocycles. The minimum Gasteiger partial charge on any atom is -0.478 e. The highest BCUT2D eigenvalue weighted by molar-refractivity contribution is 5.92. The van der Waals surface area contributed by atoms with Gasteiger partial charge in [-0.15, -0.1) is 0 Å². The molecule has 0 aliphatic heterocycles. The third kappa shape index (κ3) is 3.19. The van der Waals surface area contributed by atoms with E-state index in [-0.39, 0.29) is 5.92 Å². The minimum absolute atomic E-state index is 0.237. The quantitative estimate of drug-likeness (QED) is 0.803. The molecule has 1 aromatic carbocycles. The number of benzene rings is 1. The monoisotopic (exact) mass is 230 g/mol. The van der Waals surface area contributed by atoms with Gasteiger partial charge in [0.05, 0.1) is 0 Å². The summed E-state index contributed by atoms with van der Waals surface area (Å²) >= 11 is 0. The van der Waals surface area contributed by atoms with Crippen LogP contribution in [-0.4, -0.2) is 11.1 Å². The Balaban J connectivity index is 2.22. The van der Waals surface area contributed by atoms with Crippen molar-refractivity contribution in [2.45, 2.75) is 32.1 Å². The van der Waals surface area contributed by atoms with Gasteiger partial charge in [-0.05, 0) is 30.4 Å². The van der Waals surface area contributed by atoms with Crippen LogP contribution in [0.25, 0.3) is 6.08 Å². The lowest BCUT2D eigenvalue weighted by Crippen LogP contribution is -2.15. The van der Waals surface area contributed by atoms with E-state index in [0.29, 0.717) is 5.57 Å².